The Morgan fingerprint density at radius 2 is 2.00 bits per heavy atom. The molecule has 0 bridgehead atoms. The molecular weight excluding hydrogens is 463 g/mol. The van der Waals surface area contributed by atoms with Crippen molar-refractivity contribution in [2.24, 2.45) is 7.05 Å². The number of halogens is 3. The van der Waals surface area contributed by atoms with Crippen molar-refractivity contribution < 1.29 is 27.4 Å². The van der Waals surface area contributed by atoms with E-state index in [4.69, 9.17) is 10.5 Å². The number of allylic oxidation sites excluding steroid dienone is 1. The van der Waals surface area contributed by atoms with Gasteiger partial charge in [-0.3, -0.25) is 9.48 Å². The van der Waals surface area contributed by atoms with Crippen LogP contribution in [0.15, 0.2) is 61.0 Å². The minimum atomic E-state index is -4.84. The maximum absolute atomic E-state index is 13.7. The summed E-state index contributed by atoms with van der Waals surface area (Å²) in [6.07, 6.45) is -0.773. The number of alkyl halides is 3. The number of anilines is 1. The van der Waals surface area contributed by atoms with Gasteiger partial charge >= 0.3 is 6.36 Å². The molecule has 0 spiro atoms. The van der Waals surface area contributed by atoms with Gasteiger partial charge < -0.3 is 20.1 Å². The van der Waals surface area contributed by atoms with Crippen molar-refractivity contribution in [2.45, 2.75) is 25.4 Å². The Morgan fingerprint density at radius 1 is 1.26 bits per heavy atom. The molecule has 4 rings (SSSR count). The van der Waals surface area contributed by atoms with Gasteiger partial charge in [0.1, 0.15) is 17.1 Å². The van der Waals surface area contributed by atoms with Gasteiger partial charge in [-0.25, -0.2) is 4.98 Å². The van der Waals surface area contributed by atoms with Crippen LogP contribution in [0.3, 0.4) is 0 Å². The fourth-order valence-electron chi connectivity index (χ4n) is 4.19. The summed E-state index contributed by atoms with van der Waals surface area (Å²) in [5, 5.41) is 5.75. The van der Waals surface area contributed by atoms with Gasteiger partial charge in [-0.2, -0.15) is 5.10 Å². The number of amides is 1. The van der Waals surface area contributed by atoms with E-state index >= 15 is 0 Å². The van der Waals surface area contributed by atoms with E-state index in [9.17, 15) is 18.0 Å². The number of nitrogen functional groups attached to an aromatic ring is 1. The number of ether oxygens (including phenoxy) is 2. The number of carbonyl (C=O) groups excluding carboxylic acids is 1. The van der Waals surface area contributed by atoms with Gasteiger partial charge in [0.15, 0.2) is 0 Å². The van der Waals surface area contributed by atoms with Crippen molar-refractivity contribution in [1.82, 2.24) is 19.7 Å². The second-order valence-corrected chi connectivity index (χ2v) is 8.30. The van der Waals surface area contributed by atoms with Crippen molar-refractivity contribution in [3.8, 4) is 0 Å². The number of hydrogen-bond acceptors (Lipinski definition) is 6. The summed E-state index contributed by atoms with van der Waals surface area (Å²) in [7, 11) is 1.76. The van der Waals surface area contributed by atoms with E-state index in [2.05, 4.69) is 28.0 Å². The van der Waals surface area contributed by atoms with Crippen LogP contribution in [0.1, 0.15) is 17.3 Å². The number of aryl methyl sites for hydroxylation is 1. The zero-order valence-electron chi connectivity index (χ0n) is 19.2. The molecule has 1 amide bonds. The Labute approximate surface area is 199 Å². The van der Waals surface area contributed by atoms with Crippen LogP contribution in [0.2, 0.25) is 0 Å². The van der Waals surface area contributed by atoms with Gasteiger partial charge in [0.2, 0.25) is 0 Å². The third-order valence-corrected chi connectivity index (χ3v) is 5.79. The Balaban J connectivity index is 1.65. The van der Waals surface area contributed by atoms with Crippen LogP contribution in [0, 0.1) is 0 Å². The summed E-state index contributed by atoms with van der Waals surface area (Å²) in [4.78, 5) is 19.7. The van der Waals surface area contributed by atoms with Gasteiger partial charge in [0, 0.05) is 23.4 Å². The Bertz CT molecular complexity index is 1360. The van der Waals surface area contributed by atoms with E-state index < -0.39 is 18.2 Å². The molecule has 1 aliphatic heterocycles. The minimum absolute atomic E-state index is 0.143. The Kier molecular flexibility index (Phi) is 6.28. The Morgan fingerprint density at radius 3 is 2.71 bits per heavy atom. The first-order valence-electron chi connectivity index (χ1n) is 10.7. The van der Waals surface area contributed by atoms with Crippen LogP contribution in [0.4, 0.5) is 19.0 Å². The topological polar surface area (TPSA) is 95.5 Å². The lowest BCUT2D eigenvalue weighted by Crippen LogP contribution is -2.54. The molecular formula is C24H24F3N5O3. The first-order valence-corrected chi connectivity index (χ1v) is 10.7. The molecule has 2 aromatic heterocycles. The second-order valence-electron chi connectivity index (χ2n) is 8.30. The third-order valence-electron chi connectivity index (χ3n) is 5.79. The third kappa shape index (κ3) is 4.85. The van der Waals surface area contributed by atoms with Crippen molar-refractivity contribution in [3.63, 3.8) is 0 Å². The summed E-state index contributed by atoms with van der Waals surface area (Å²) in [5.74, 6) is -0.530. The largest absolute Gasteiger partial charge is 0.573 e. The molecule has 0 radical (unpaired) electrons. The molecule has 3 aromatic rings. The lowest BCUT2D eigenvalue weighted by Gasteiger charge is -2.41. The SMILES string of the molecule is C=C(/C=C\C(=C)[C@H]1COC[C@@H](C)N1C(=O)c1ccc2nc(N)c3c(cnn3C)c2c1)OC(F)(F)F. The first-order chi connectivity index (χ1) is 16.5. The Hall–Kier alpha value is -3.86. The number of nitrogens with two attached hydrogens (primary N) is 1. The molecule has 35 heavy (non-hydrogen) atoms. The van der Waals surface area contributed by atoms with E-state index in [1.54, 1.807) is 41.0 Å². The molecule has 11 heteroatoms. The molecule has 2 atom stereocenters. The number of rotatable bonds is 5. The molecule has 1 saturated heterocycles. The molecule has 184 valence electrons. The maximum atomic E-state index is 13.7. The molecule has 8 nitrogen and oxygen atoms in total. The van der Waals surface area contributed by atoms with Gasteiger partial charge in [-0.05, 0) is 36.8 Å². The lowest BCUT2D eigenvalue weighted by atomic mass is 10.0. The summed E-state index contributed by atoms with van der Waals surface area (Å²) in [6.45, 7) is 9.45. The number of hydrogen-bond donors (Lipinski definition) is 1. The number of fused-ring (bicyclic) bond motifs is 3. The number of pyridine rings is 1. The smallest absolute Gasteiger partial charge is 0.406 e. The highest BCUT2D eigenvalue weighted by molar-refractivity contribution is 6.10. The molecule has 1 fully saturated rings. The molecule has 2 N–H and O–H groups in total. The summed E-state index contributed by atoms with van der Waals surface area (Å²) in [6, 6.07) is 4.22. The number of benzene rings is 1. The van der Waals surface area contributed by atoms with Crippen molar-refractivity contribution in [3.05, 3.63) is 66.6 Å². The van der Waals surface area contributed by atoms with E-state index in [-0.39, 0.29) is 18.6 Å². The van der Waals surface area contributed by atoms with Crippen LogP contribution in [0.25, 0.3) is 21.8 Å². The highest BCUT2D eigenvalue weighted by Crippen LogP contribution is 2.30. The van der Waals surface area contributed by atoms with Gasteiger partial charge in [-0.15, -0.1) is 13.2 Å². The van der Waals surface area contributed by atoms with E-state index in [1.807, 2.05) is 6.92 Å². The number of aromatic nitrogens is 3. The summed E-state index contributed by atoms with van der Waals surface area (Å²) in [5.41, 5.74) is 8.16. The zero-order chi connectivity index (χ0) is 25.5. The quantitative estimate of drug-likeness (QED) is 0.430. The first kappa shape index (κ1) is 24.3. The van der Waals surface area contributed by atoms with E-state index in [0.717, 1.165) is 16.8 Å². The summed E-state index contributed by atoms with van der Waals surface area (Å²) < 4.78 is 48.2. The van der Waals surface area contributed by atoms with Crippen LogP contribution >= 0.6 is 0 Å². The standard InChI is InChI=1S/C24H24F3N5O3/c1-13(5-6-15(3)35-24(25,26)27)20-12-34-11-14(2)32(20)23(33)16-7-8-19-17(9-16)18-10-29-31(4)21(18)22(28)30-19/h5-10,14,20H,1,3,11-12H2,2,4H3,(H2,28,30)/b6-5-/t14-,20-/m1/s1. The predicted molar refractivity (Wildman–Crippen MR) is 125 cm³/mol. The molecule has 0 aliphatic carbocycles. The molecule has 3 heterocycles. The van der Waals surface area contributed by atoms with Gasteiger partial charge in [0.25, 0.3) is 5.91 Å². The highest BCUT2D eigenvalue weighted by Gasteiger charge is 2.35. The fraction of sp³-hybridized carbons (Fsp3) is 0.292. The normalized spacial score (nSPS) is 18.9. The van der Waals surface area contributed by atoms with Crippen molar-refractivity contribution >= 4 is 33.5 Å². The fourth-order valence-corrected chi connectivity index (χ4v) is 4.19. The molecule has 0 saturated carbocycles. The maximum Gasteiger partial charge on any atom is 0.573 e. The van der Waals surface area contributed by atoms with Crippen LogP contribution < -0.4 is 5.73 Å². The van der Waals surface area contributed by atoms with Crippen LogP contribution in [0.5, 0.6) is 0 Å². The molecule has 1 aliphatic rings. The second kappa shape index (κ2) is 9.06. The van der Waals surface area contributed by atoms with E-state index in [0.29, 0.717) is 34.6 Å². The minimum Gasteiger partial charge on any atom is -0.406 e. The van der Waals surface area contributed by atoms with Gasteiger partial charge in [-0.1, -0.05) is 19.2 Å². The van der Waals surface area contributed by atoms with Crippen molar-refractivity contribution in [2.75, 3.05) is 18.9 Å². The zero-order valence-corrected chi connectivity index (χ0v) is 19.2. The molecule has 0 unspecified atom stereocenters. The highest BCUT2D eigenvalue weighted by atomic mass is 19.4. The van der Waals surface area contributed by atoms with Crippen LogP contribution in [-0.2, 0) is 16.5 Å². The lowest BCUT2D eigenvalue weighted by molar-refractivity contribution is -0.303. The number of nitrogens with zero attached hydrogens (tertiary/aromatic N) is 4. The predicted octanol–water partition coefficient (Wildman–Crippen LogP) is 4.10. The number of morpholine rings is 1. The monoisotopic (exact) mass is 487 g/mol. The average Bonchev–Trinajstić information content (AvgIpc) is 3.18. The van der Waals surface area contributed by atoms with Gasteiger partial charge in [0.05, 0.1) is 37.0 Å². The summed E-state index contributed by atoms with van der Waals surface area (Å²) >= 11 is 0. The number of carbonyl (C=O) groups is 1. The van der Waals surface area contributed by atoms with E-state index in [1.165, 1.54) is 6.08 Å². The molecule has 1 aromatic carbocycles. The van der Waals surface area contributed by atoms with Crippen molar-refractivity contribution in [1.29, 1.82) is 0 Å². The van der Waals surface area contributed by atoms with Crippen LogP contribution in [-0.4, -0.2) is 57.2 Å². The average molecular weight is 487 g/mol.